The summed E-state index contributed by atoms with van der Waals surface area (Å²) in [7, 11) is 0. The molecule has 3 rings (SSSR count). The second-order valence-electron chi connectivity index (χ2n) is 6.59. The number of hydrogen-bond acceptors (Lipinski definition) is 4. The van der Waals surface area contributed by atoms with Crippen LogP contribution in [0.4, 0.5) is 0 Å². The normalized spacial score (nSPS) is 20.4. The summed E-state index contributed by atoms with van der Waals surface area (Å²) in [5, 5.41) is 0. The zero-order valence-electron chi connectivity index (χ0n) is 14.9. The quantitative estimate of drug-likeness (QED) is 0.857. The van der Waals surface area contributed by atoms with Crippen LogP contribution in [0.2, 0.25) is 0 Å². The van der Waals surface area contributed by atoms with E-state index in [0.717, 1.165) is 17.0 Å². The van der Waals surface area contributed by atoms with Crippen LogP contribution >= 0.6 is 0 Å². The summed E-state index contributed by atoms with van der Waals surface area (Å²) in [6.45, 7) is 7.58. The van der Waals surface area contributed by atoms with Crippen molar-refractivity contribution < 1.29 is 14.3 Å². The van der Waals surface area contributed by atoms with Gasteiger partial charge in [0, 0.05) is 24.3 Å². The van der Waals surface area contributed by atoms with Gasteiger partial charge in [-0.05, 0) is 50.6 Å². The Labute approximate surface area is 148 Å². The number of amides is 1. The number of rotatable bonds is 4. The van der Waals surface area contributed by atoms with Crippen molar-refractivity contribution >= 4 is 5.91 Å². The summed E-state index contributed by atoms with van der Waals surface area (Å²) in [4.78, 5) is 18.9. The highest BCUT2D eigenvalue weighted by atomic mass is 16.5. The molecule has 132 valence electrons. The van der Waals surface area contributed by atoms with Crippen LogP contribution in [0.15, 0.2) is 42.6 Å². The number of nitrogens with zero attached hydrogens (tertiary/aromatic N) is 2. The fourth-order valence-electron chi connectivity index (χ4n) is 3.03. The van der Waals surface area contributed by atoms with Crippen molar-refractivity contribution in [3.63, 3.8) is 0 Å². The van der Waals surface area contributed by atoms with Gasteiger partial charge in [0.2, 0.25) is 0 Å². The number of carbonyl (C=O) groups is 1. The van der Waals surface area contributed by atoms with Crippen LogP contribution in [0.5, 0.6) is 5.75 Å². The van der Waals surface area contributed by atoms with E-state index in [1.165, 1.54) is 0 Å². The van der Waals surface area contributed by atoms with Gasteiger partial charge in [-0.3, -0.25) is 9.78 Å². The van der Waals surface area contributed by atoms with Gasteiger partial charge in [-0.1, -0.05) is 12.1 Å². The number of ether oxygens (including phenoxy) is 2. The Morgan fingerprint density at radius 2 is 2.00 bits per heavy atom. The first-order valence-corrected chi connectivity index (χ1v) is 8.60. The number of aromatic nitrogens is 1. The summed E-state index contributed by atoms with van der Waals surface area (Å²) in [5.41, 5.74) is 2.60. The number of pyridine rings is 1. The Bertz CT molecular complexity index is 720. The molecule has 2 atom stereocenters. The maximum absolute atomic E-state index is 12.8. The molecule has 0 radical (unpaired) electrons. The third kappa shape index (κ3) is 4.57. The van der Waals surface area contributed by atoms with Gasteiger partial charge in [-0.2, -0.15) is 0 Å². The fraction of sp³-hybridized carbons (Fsp3) is 0.400. The minimum Gasteiger partial charge on any atom is -0.487 e. The highest BCUT2D eigenvalue weighted by Gasteiger charge is 2.26. The van der Waals surface area contributed by atoms with Crippen LogP contribution in [-0.4, -0.2) is 41.1 Å². The third-order valence-corrected chi connectivity index (χ3v) is 4.17. The molecule has 2 aromatic rings. The van der Waals surface area contributed by atoms with E-state index in [9.17, 15) is 4.79 Å². The Hall–Kier alpha value is -2.40. The molecule has 0 spiro atoms. The van der Waals surface area contributed by atoms with Gasteiger partial charge < -0.3 is 14.4 Å². The minimum absolute atomic E-state index is 0.0425. The molecule has 5 nitrogen and oxygen atoms in total. The molecule has 25 heavy (non-hydrogen) atoms. The van der Waals surface area contributed by atoms with Gasteiger partial charge in [0.1, 0.15) is 12.4 Å². The topological polar surface area (TPSA) is 51.7 Å². The van der Waals surface area contributed by atoms with Crippen LogP contribution in [-0.2, 0) is 11.3 Å². The molecule has 1 saturated heterocycles. The van der Waals surface area contributed by atoms with Crippen molar-refractivity contribution in [2.75, 3.05) is 13.1 Å². The number of aryl methyl sites for hydroxylation is 1. The van der Waals surface area contributed by atoms with E-state index in [0.29, 0.717) is 25.3 Å². The first-order chi connectivity index (χ1) is 12.0. The van der Waals surface area contributed by atoms with Crippen LogP contribution in [0, 0.1) is 6.92 Å². The fourth-order valence-corrected chi connectivity index (χ4v) is 3.03. The molecule has 2 heterocycles. The molecule has 0 bridgehead atoms. The SMILES string of the molecule is Cc1ccc(OCc2cccc(C(=O)N3C[C@@H](C)O[C@@H](C)C3)c2)cn1. The molecular formula is C20H24N2O3. The molecule has 5 heteroatoms. The molecule has 1 amide bonds. The van der Waals surface area contributed by atoms with Crippen LogP contribution < -0.4 is 4.74 Å². The monoisotopic (exact) mass is 340 g/mol. The molecule has 1 fully saturated rings. The van der Waals surface area contributed by atoms with Gasteiger partial charge in [0.25, 0.3) is 5.91 Å². The molecule has 1 aliphatic rings. The van der Waals surface area contributed by atoms with E-state index >= 15 is 0 Å². The van der Waals surface area contributed by atoms with Crippen molar-refractivity contribution in [2.45, 2.75) is 39.6 Å². The van der Waals surface area contributed by atoms with Crippen molar-refractivity contribution in [1.82, 2.24) is 9.88 Å². The average Bonchev–Trinajstić information content (AvgIpc) is 2.60. The maximum Gasteiger partial charge on any atom is 0.254 e. The zero-order chi connectivity index (χ0) is 17.8. The summed E-state index contributed by atoms with van der Waals surface area (Å²) in [5.74, 6) is 0.763. The van der Waals surface area contributed by atoms with Crippen LogP contribution in [0.25, 0.3) is 0 Å². The molecule has 0 N–H and O–H groups in total. The van der Waals surface area contributed by atoms with E-state index < -0.39 is 0 Å². The smallest absolute Gasteiger partial charge is 0.254 e. The Morgan fingerprint density at radius 3 is 2.68 bits per heavy atom. The van der Waals surface area contributed by atoms with Gasteiger partial charge >= 0.3 is 0 Å². The molecule has 0 aliphatic carbocycles. The van der Waals surface area contributed by atoms with Crippen molar-refractivity contribution in [3.05, 3.63) is 59.4 Å². The molecule has 1 aliphatic heterocycles. The lowest BCUT2D eigenvalue weighted by atomic mass is 10.1. The molecular weight excluding hydrogens is 316 g/mol. The zero-order valence-corrected chi connectivity index (χ0v) is 14.9. The molecule has 0 saturated carbocycles. The summed E-state index contributed by atoms with van der Waals surface area (Å²) >= 11 is 0. The minimum atomic E-state index is 0.0425. The largest absolute Gasteiger partial charge is 0.487 e. The highest BCUT2D eigenvalue weighted by Crippen LogP contribution is 2.17. The molecule has 1 aromatic heterocycles. The van der Waals surface area contributed by atoms with E-state index in [1.54, 1.807) is 6.20 Å². The lowest BCUT2D eigenvalue weighted by molar-refractivity contribution is -0.0586. The van der Waals surface area contributed by atoms with Crippen molar-refractivity contribution in [2.24, 2.45) is 0 Å². The summed E-state index contributed by atoms with van der Waals surface area (Å²) < 4.78 is 11.5. The number of carbonyl (C=O) groups excluding carboxylic acids is 1. The standard InChI is InChI=1S/C20H24N2O3/c1-14-7-8-19(10-21-14)24-13-17-5-4-6-18(9-17)20(23)22-11-15(2)25-16(3)12-22/h4-10,15-16H,11-13H2,1-3H3/t15-,16+. The maximum atomic E-state index is 12.8. The number of hydrogen-bond donors (Lipinski definition) is 0. The van der Waals surface area contributed by atoms with Gasteiger partial charge in [0.15, 0.2) is 0 Å². The predicted molar refractivity (Wildman–Crippen MR) is 95.7 cm³/mol. The van der Waals surface area contributed by atoms with Gasteiger partial charge in [0.05, 0.1) is 18.4 Å². The number of benzene rings is 1. The van der Waals surface area contributed by atoms with E-state index in [1.807, 2.05) is 62.1 Å². The number of morpholine rings is 1. The average molecular weight is 340 g/mol. The molecule has 1 aromatic carbocycles. The Morgan fingerprint density at radius 1 is 1.24 bits per heavy atom. The van der Waals surface area contributed by atoms with E-state index in [4.69, 9.17) is 9.47 Å². The Kier molecular flexibility index (Phi) is 5.34. The van der Waals surface area contributed by atoms with Crippen LogP contribution in [0.3, 0.4) is 0 Å². The molecule has 0 unspecified atom stereocenters. The van der Waals surface area contributed by atoms with Gasteiger partial charge in [-0.25, -0.2) is 0 Å². The predicted octanol–water partition coefficient (Wildman–Crippen LogP) is 3.22. The second kappa shape index (κ2) is 7.66. The van der Waals surface area contributed by atoms with Gasteiger partial charge in [-0.15, -0.1) is 0 Å². The van der Waals surface area contributed by atoms with Crippen LogP contribution in [0.1, 0.15) is 35.5 Å². The summed E-state index contributed by atoms with van der Waals surface area (Å²) in [6, 6.07) is 11.4. The van der Waals surface area contributed by atoms with Crippen molar-refractivity contribution in [1.29, 1.82) is 0 Å². The van der Waals surface area contributed by atoms with E-state index in [2.05, 4.69) is 4.98 Å². The highest BCUT2D eigenvalue weighted by molar-refractivity contribution is 5.94. The first kappa shape index (κ1) is 17.4. The lowest BCUT2D eigenvalue weighted by Gasteiger charge is -2.35. The third-order valence-electron chi connectivity index (χ3n) is 4.17. The Balaban J connectivity index is 1.66. The van der Waals surface area contributed by atoms with Crippen molar-refractivity contribution in [3.8, 4) is 5.75 Å². The summed E-state index contributed by atoms with van der Waals surface area (Å²) in [6.07, 6.45) is 1.84. The lowest BCUT2D eigenvalue weighted by Crippen LogP contribution is -2.48. The van der Waals surface area contributed by atoms with E-state index in [-0.39, 0.29) is 18.1 Å². The first-order valence-electron chi connectivity index (χ1n) is 8.60. The second-order valence-corrected chi connectivity index (χ2v) is 6.59.